The number of thiophene rings is 1. The summed E-state index contributed by atoms with van der Waals surface area (Å²) in [6.45, 7) is 0. The van der Waals surface area contributed by atoms with E-state index in [9.17, 15) is 0 Å². The van der Waals surface area contributed by atoms with E-state index in [0.29, 0.717) is 0 Å². The quantitative estimate of drug-likeness (QED) is 0.684. The molecule has 1 nitrogen and oxygen atoms in total. The maximum Gasteiger partial charge on any atom is 0.174 e. The monoisotopic (exact) mass is 240 g/mol. The highest BCUT2D eigenvalue weighted by atomic mass is 127. The molecule has 0 N–H and O–H groups in total. The van der Waals surface area contributed by atoms with Gasteiger partial charge in [0.05, 0.1) is 9.99 Å². The molecule has 0 aromatic carbocycles. The summed E-state index contributed by atoms with van der Waals surface area (Å²) < 4.78 is 6.21. The van der Waals surface area contributed by atoms with E-state index >= 15 is 0 Å². The summed E-state index contributed by atoms with van der Waals surface area (Å²) in [5, 5.41) is 0.981. The minimum atomic E-state index is 0.981. The number of ether oxygens (including phenoxy) is 1. The third-order valence-corrected chi connectivity index (χ3v) is 2.60. The van der Waals surface area contributed by atoms with Crippen molar-refractivity contribution in [2.24, 2.45) is 0 Å². The standard InChI is InChI=1S/C5H5IOS/c1-7-5-3-2-4(6)8-5/h2-3H,1H3. The van der Waals surface area contributed by atoms with Gasteiger partial charge in [0.1, 0.15) is 0 Å². The van der Waals surface area contributed by atoms with Crippen molar-refractivity contribution >= 4 is 33.9 Å². The Hall–Kier alpha value is 0.230. The topological polar surface area (TPSA) is 9.23 Å². The molecule has 1 aromatic heterocycles. The molecule has 0 amide bonds. The van der Waals surface area contributed by atoms with Crippen LogP contribution in [0.15, 0.2) is 12.1 Å². The number of halogens is 1. The van der Waals surface area contributed by atoms with Gasteiger partial charge >= 0.3 is 0 Å². The van der Waals surface area contributed by atoms with Gasteiger partial charge in [-0.3, -0.25) is 0 Å². The van der Waals surface area contributed by atoms with Crippen LogP contribution in [0.2, 0.25) is 0 Å². The normalized spacial score (nSPS) is 9.25. The van der Waals surface area contributed by atoms with E-state index < -0.39 is 0 Å². The van der Waals surface area contributed by atoms with Crippen molar-refractivity contribution in [3.05, 3.63) is 15.0 Å². The molecule has 3 heteroatoms. The van der Waals surface area contributed by atoms with Gasteiger partial charge in [-0.05, 0) is 34.7 Å². The van der Waals surface area contributed by atoms with Crippen LogP contribution in [0.4, 0.5) is 0 Å². The SMILES string of the molecule is COc1ccc(I)s1. The first-order valence-electron chi connectivity index (χ1n) is 2.12. The second-order valence-corrected chi connectivity index (χ2v) is 4.20. The molecule has 0 aliphatic carbocycles. The Kier molecular flexibility index (Phi) is 2.13. The van der Waals surface area contributed by atoms with Crippen LogP contribution < -0.4 is 4.74 Å². The zero-order valence-electron chi connectivity index (χ0n) is 4.35. The van der Waals surface area contributed by atoms with Crippen molar-refractivity contribution in [2.75, 3.05) is 7.11 Å². The first-order chi connectivity index (χ1) is 3.83. The zero-order chi connectivity index (χ0) is 5.98. The van der Waals surface area contributed by atoms with E-state index in [0.717, 1.165) is 5.06 Å². The first kappa shape index (κ1) is 6.35. The summed E-state index contributed by atoms with van der Waals surface area (Å²) >= 11 is 3.91. The maximum atomic E-state index is 4.95. The van der Waals surface area contributed by atoms with Gasteiger partial charge in [0.15, 0.2) is 5.06 Å². The van der Waals surface area contributed by atoms with E-state index in [4.69, 9.17) is 4.74 Å². The van der Waals surface area contributed by atoms with Gasteiger partial charge in [0.25, 0.3) is 0 Å². The lowest BCUT2D eigenvalue weighted by Crippen LogP contribution is -1.73. The molecule has 8 heavy (non-hydrogen) atoms. The Morgan fingerprint density at radius 2 is 2.38 bits per heavy atom. The van der Waals surface area contributed by atoms with Crippen LogP contribution in [-0.2, 0) is 0 Å². The molecule has 44 valence electrons. The zero-order valence-corrected chi connectivity index (χ0v) is 7.32. The van der Waals surface area contributed by atoms with Gasteiger partial charge in [-0.2, -0.15) is 0 Å². The van der Waals surface area contributed by atoms with Crippen molar-refractivity contribution in [1.82, 2.24) is 0 Å². The predicted molar refractivity (Wildman–Crippen MR) is 43.6 cm³/mol. The first-order valence-corrected chi connectivity index (χ1v) is 4.02. The molecule has 0 radical (unpaired) electrons. The van der Waals surface area contributed by atoms with E-state index in [1.54, 1.807) is 18.4 Å². The maximum absolute atomic E-state index is 4.95. The third kappa shape index (κ3) is 1.35. The van der Waals surface area contributed by atoms with Gasteiger partial charge in [0, 0.05) is 0 Å². The molecule has 0 spiro atoms. The van der Waals surface area contributed by atoms with Gasteiger partial charge < -0.3 is 4.74 Å². The average Bonchev–Trinajstić information content (AvgIpc) is 2.14. The lowest BCUT2D eigenvalue weighted by Gasteiger charge is -1.86. The van der Waals surface area contributed by atoms with Crippen LogP contribution in [0, 0.1) is 2.88 Å². The van der Waals surface area contributed by atoms with Gasteiger partial charge in [0.2, 0.25) is 0 Å². The third-order valence-electron chi connectivity index (χ3n) is 0.750. The molecule has 0 unspecified atom stereocenters. The van der Waals surface area contributed by atoms with Gasteiger partial charge in [-0.15, -0.1) is 0 Å². The van der Waals surface area contributed by atoms with Gasteiger partial charge in [-0.1, -0.05) is 11.3 Å². The van der Waals surface area contributed by atoms with E-state index in [1.165, 1.54) is 2.88 Å². The highest BCUT2D eigenvalue weighted by Gasteiger charge is 1.92. The number of hydrogen-bond acceptors (Lipinski definition) is 2. The molecule has 0 saturated heterocycles. The van der Waals surface area contributed by atoms with Crippen LogP contribution in [0.5, 0.6) is 5.06 Å². The Labute approximate surface area is 65.8 Å². The smallest absolute Gasteiger partial charge is 0.174 e. The summed E-state index contributed by atoms with van der Waals surface area (Å²) in [5.74, 6) is 0. The second-order valence-electron chi connectivity index (χ2n) is 1.26. The van der Waals surface area contributed by atoms with Crippen molar-refractivity contribution in [2.45, 2.75) is 0 Å². The molecule has 1 heterocycles. The second kappa shape index (κ2) is 2.68. The molecule has 0 saturated carbocycles. The van der Waals surface area contributed by atoms with E-state index in [-0.39, 0.29) is 0 Å². The summed E-state index contributed by atoms with van der Waals surface area (Å²) in [5.41, 5.74) is 0. The van der Waals surface area contributed by atoms with Crippen LogP contribution in [0.1, 0.15) is 0 Å². The van der Waals surface area contributed by atoms with Crippen LogP contribution in [-0.4, -0.2) is 7.11 Å². The van der Waals surface area contributed by atoms with E-state index in [2.05, 4.69) is 22.6 Å². The van der Waals surface area contributed by atoms with Gasteiger partial charge in [-0.25, -0.2) is 0 Å². The number of rotatable bonds is 1. The fourth-order valence-corrected chi connectivity index (χ4v) is 1.79. The average molecular weight is 240 g/mol. The lowest BCUT2D eigenvalue weighted by atomic mass is 10.7. The molecule has 1 aromatic rings. The van der Waals surface area contributed by atoms with Crippen LogP contribution in [0.25, 0.3) is 0 Å². The molecule has 1 rings (SSSR count). The molecule has 0 fully saturated rings. The highest BCUT2D eigenvalue weighted by Crippen LogP contribution is 2.24. The molecule has 0 bridgehead atoms. The Morgan fingerprint density at radius 1 is 1.62 bits per heavy atom. The summed E-state index contributed by atoms with van der Waals surface area (Å²) in [6.07, 6.45) is 0. The Bertz CT molecular complexity index is 173. The van der Waals surface area contributed by atoms with E-state index in [1.807, 2.05) is 12.1 Å². The molecule has 0 aliphatic heterocycles. The highest BCUT2D eigenvalue weighted by molar-refractivity contribution is 14.1. The molecule has 0 atom stereocenters. The Morgan fingerprint density at radius 3 is 2.62 bits per heavy atom. The van der Waals surface area contributed by atoms with Crippen molar-refractivity contribution in [3.8, 4) is 5.06 Å². The van der Waals surface area contributed by atoms with Crippen molar-refractivity contribution in [3.63, 3.8) is 0 Å². The number of methoxy groups -OCH3 is 1. The number of hydrogen-bond donors (Lipinski definition) is 0. The lowest BCUT2D eigenvalue weighted by molar-refractivity contribution is 0.427. The summed E-state index contributed by atoms with van der Waals surface area (Å²) in [4.78, 5) is 0. The van der Waals surface area contributed by atoms with Crippen LogP contribution in [0.3, 0.4) is 0 Å². The molecule has 0 aliphatic rings. The van der Waals surface area contributed by atoms with Crippen LogP contribution >= 0.6 is 33.9 Å². The largest absolute Gasteiger partial charge is 0.487 e. The summed E-state index contributed by atoms with van der Waals surface area (Å²) in [6, 6.07) is 4.00. The minimum Gasteiger partial charge on any atom is -0.487 e. The summed E-state index contributed by atoms with van der Waals surface area (Å²) in [7, 11) is 1.68. The fourth-order valence-electron chi connectivity index (χ4n) is 0.407. The Balaban J connectivity index is 2.84. The minimum absolute atomic E-state index is 0.981. The molecular formula is C5H5IOS. The van der Waals surface area contributed by atoms with Crippen molar-refractivity contribution in [1.29, 1.82) is 0 Å². The fraction of sp³-hybridized carbons (Fsp3) is 0.200. The van der Waals surface area contributed by atoms with Crippen molar-refractivity contribution < 1.29 is 4.74 Å². The predicted octanol–water partition coefficient (Wildman–Crippen LogP) is 2.36. The molecular weight excluding hydrogens is 235 g/mol.